The average Bonchev–Trinajstić information content (AvgIpc) is 2.47. The van der Waals surface area contributed by atoms with Crippen LogP contribution in [0.5, 0.6) is 0 Å². The number of benzene rings is 1. The van der Waals surface area contributed by atoms with Crippen LogP contribution in [0.1, 0.15) is 15.9 Å². The predicted octanol–water partition coefficient (Wildman–Crippen LogP) is 2.64. The molecule has 1 aromatic heterocycles. The second kappa shape index (κ2) is 6.30. The normalized spacial score (nSPS) is 9.68. The third kappa shape index (κ3) is 3.64. The number of rotatable bonds is 4. The van der Waals surface area contributed by atoms with E-state index in [2.05, 4.69) is 10.3 Å². The van der Waals surface area contributed by atoms with Gasteiger partial charge in [-0.2, -0.15) is 0 Å². The molecule has 1 N–H and O–H groups in total. The van der Waals surface area contributed by atoms with E-state index >= 15 is 0 Å². The van der Waals surface area contributed by atoms with Crippen molar-refractivity contribution in [1.29, 1.82) is 0 Å². The lowest BCUT2D eigenvalue weighted by Gasteiger charge is -2.08. The molecule has 0 spiro atoms. The highest BCUT2D eigenvalue weighted by Crippen LogP contribution is 2.11. The number of aldehydes is 1. The first kappa shape index (κ1) is 12.8. The number of hydrogen-bond donors (Lipinski definition) is 1. The number of carbonyl (C=O) groups is 2. The summed E-state index contributed by atoms with van der Waals surface area (Å²) < 4.78 is 5.04. The number of ether oxygens (including phenoxy) is 1. The summed E-state index contributed by atoms with van der Waals surface area (Å²) in [4.78, 5) is 26.2. The molecule has 96 valence electrons. The maximum atomic E-state index is 11.6. The van der Waals surface area contributed by atoms with Gasteiger partial charge < -0.3 is 4.74 Å². The highest BCUT2D eigenvalue weighted by Gasteiger charge is 2.07. The topological polar surface area (TPSA) is 68.3 Å². The Morgan fingerprint density at radius 3 is 2.79 bits per heavy atom. The van der Waals surface area contributed by atoms with Gasteiger partial charge in [0, 0.05) is 11.8 Å². The molecular weight excluding hydrogens is 244 g/mol. The Balaban J connectivity index is 1.93. The Kier molecular flexibility index (Phi) is 4.23. The standard InChI is InChI=1S/C14H12N2O3/c17-9-12-6-7-15-8-13(12)16-14(18)19-10-11-4-2-1-3-5-11/h1-9H,10H2,(H,16,18). The van der Waals surface area contributed by atoms with Crippen molar-refractivity contribution in [3.8, 4) is 0 Å². The minimum Gasteiger partial charge on any atom is -0.444 e. The Hall–Kier alpha value is -2.69. The molecule has 0 radical (unpaired) electrons. The third-order valence-corrected chi connectivity index (χ3v) is 2.43. The second-order valence-corrected chi connectivity index (χ2v) is 3.77. The van der Waals surface area contributed by atoms with Crippen molar-refractivity contribution < 1.29 is 14.3 Å². The van der Waals surface area contributed by atoms with Crippen molar-refractivity contribution in [2.75, 3.05) is 5.32 Å². The molecule has 0 unspecified atom stereocenters. The van der Waals surface area contributed by atoms with E-state index in [0.29, 0.717) is 17.5 Å². The SMILES string of the molecule is O=Cc1ccncc1NC(=O)OCc1ccccc1. The zero-order valence-corrected chi connectivity index (χ0v) is 10.1. The van der Waals surface area contributed by atoms with E-state index < -0.39 is 6.09 Å². The fraction of sp³-hybridized carbons (Fsp3) is 0.0714. The number of hydrogen-bond acceptors (Lipinski definition) is 4. The number of pyridine rings is 1. The van der Waals surface area contributed by atoms with Crippen molar-refractivity contribution in [1.82, 2.24) is 4.98 Å². The van der Waals surface area contributed by atoms with E-state index in [1.54, 1.807) is 0 Å². The van der Waals surface area contributed by atoms with Gasteiger partial charge in [0.05, 0.1) is 11.9 Å². The molecule has 2 rings (SSSR count). The molecule has 1 aromatic carbocycles. The summed E-state index contributed by atoms with van der Waals surface area (Å²) in [5, 5.41) is 2.48. The molecule has 0 atom stereocenters. The van der Waals surface area contributed by atoms with E-state index in [0.717, 1.165) is 5.56 Å². The van der Waals surface area contributed by atoms with E-state index in [1.807, 2.05) is 30.3 Å². The Bertz CT molecular complexity index is 570. The highest BCUT2D eigenvalue weighted by molar-refractivity contribution is 5.92. The number of amides is 1. The zero-order valence-electron chi connectivity index (χ0n) is 10.1. The van der Waals surface area contributed by atoms with Crippen LogP contribution in [0.15, 0.2) is 48.8 Å². The van der Waals surface area contributed by atoms with Gasteiger partial charge in [-0.25, -0.2) is 4.79 Å². The van der Waals surface area contributed by atoms with Crippen molar-refractivity contribution in [3.05, 3.63) is 59.9 Å². The molecule has 2 aromatic rings. The number of carbonyl (C=O) groups excluding carboxylic acids is 2. The minimum atomic E-state index is -0.625. The summed E-state index contributed by atoms with van der Waals surface area (Å²) in [6, 6.07) is 10.8. The first-order chi connectivity index (χ1) is 9.29. The number of aromatic nitrogens is 1. The zero-order chi connectivity index (χ0) is 13.5. The number of anilines is 1. The fourth-order valence-electron chi connectivity index (χ4n) is 1.48. The lowest BCUT2D eigenvalue weighted by molar-refractivity contribution is 0.112. The third-order valence-electron chi connectivity index (χ3n) is 2.43. The van der Waals surface area contributed by atoms with Gasteiger partial charge in [0.2, 0.25) is 0 Å². The smallest absolute Gasteiger partial charge is 0.412 e. The van der Waals surface area contributed by atoms with Gasteiger partial charge in [0.15, 0.2) is 6.29 Å². The molecule has 0 aliphatic carbocycles. The lowest BCUT2D eigenvalue weighted by Crippen LogP contribution is -2.14. The fourth-order valence-corrected chi connectivity index (χ4v) is 1.48. The van der Waals surface area contributed by atoms with Gasteiger partial charge in [-0.3, -0.25) is 15.1 Å². The van der Waals surface area contributed by atoms with Gasteiger partial charge in [-0.15, -0.1) is 0 Å². The second-order valence-electron chi connectivity index (χ2n) is 3.77. The summed E-state index contributed by atoms with van der Waals surface area (Å²) in [7, 11) is 0. The number of nitrogens with zero attached hydrogens (tertiary/aromatic N) is 1. The predicted molar refractivity (Wildman–Crippen MR) is 69.9 cm³/mol. The number of nitrogens with one attached hydrogen (secondary N) is 1. The largest absolute Gasteiger partial charge is 0.444 e. The van der Waals surface area contributed by atoms with Crippen LogP contribution < -0.4 is 5.32 Å². The summed E-state index contributed by atoms with van der Waals surface area (Å²) in [5.41, 5.74) is 1.57. The Morgan fingerprint density at radius 1 is 1.26 bits per heavy atom. The molecular formula is C14H12N2O3. The van der Waals surface area contributed by atoms with Crippen molar-refractivity contribution in [3.63, 3.8) is 0 Å². The van der Waals surface area contributed by atoms with E-state index in [4.69, 9.17) is 4.74 Å². The first-order valence-corrected chi connectivity index (χ1v) is 5.66. The van der Waals surface area contributed by atoms with Gasteiger partial charge in [0.1, 0.15) is 6.61 Å². The summed E-state index contributed by atoms with van der Waals surface area (Å²) in [6.07, 6.45) is 2.90. The summed E-state index contributed by atoms with van der Waals surface area (Å²) in [5.74, 6) is 0. The van der Waals surface area contributed by atoms with E-state index in [-0.39, 0.29) is 6.61 Å². The van der Waals surface area contributed by atoms with Gasteiger partial charge >= 0.3 is 6.09 Å². The highest BCUT2D eigenvalue weighted by atomic mass is 16.5. The summed E-state index contributed by atoms with van der Waals surface area (Å²) >= 11 is 0. The molecule has 5 nitrogen and oxygen atoms in total. The van der Waals surface area contributed by atoms with E-state index in [1.165, 1.54) is 18.5 Å². The molecule has 0 saturated carbocycles. The molecule has 0 aliphatic rings. The van der Waals surface area contributed by atoms with E-state index in [9.17, 15) is 9.59 Å². The van der Waals surface area contributed by atoms with Crippen LogP contribution in [-0.2, 0) is 11.3 Å². The van der Waals surface area contributed by atoms with Gasteiger partial charge in [0.25, 0.3) is 0 Å². The molecule has 0 saturated heterocycles. The lowest BCUT2D eigenvalue weighted by atomic mass is 10.2. The maximum absolute atomic E-state index is 11.6. The molecule has 5 heteroatoms. The Labute approximate surface area is 110 Å². The van der Waals surface area contributed by atoms with Crippen LogP contribution in [0.3, 0.4) is 0 Å². The average molecular weight is 256 g/mol. The molecule has 0 aliphatic heterocycles. The summed E-state index contributed by atoms with van der Waals surface area (Å²) in [6.45, 7) is 0.170. The molecule has 1 amide bonds. The maximum Gasteiger partial charge on any atom is 0.412 e. The molecule has 0 bridgehead atoms. The van der Waals surface area contributed by atoms with Crippen LogP contribution in [0, 0.1) is 0 Å². The van der Waals surface area contributed by atoms with Crippen LogP contribution in [0.2, 0.25) is 0 Å². The quantitative estimate of drug-likeness (QED) is 0.854. The van der Waals surface area contributed by atoms with Crippen LogP contribution >= 0.6 is 0 Å². The van der Waals surface area contributed by atoms with Crippen LogP contribution in [0.25, 0.3) is 0 Å². The molecule has 1 heterocycles. The van der Waals surface area contributed by atoms with Crippen molar-refractivity contribution >= 4 is 18.1 Å². The van der Waals surface area contributed by atoms with Crippen LogP contribution in [-0.4, -0.2) is 17.4 Å². The molecule has 0 fully saturated rings. The minimum absolute atomic E-state index is 0.170. The van der Waals surface area contributed by atoms with Crippen molar-refractivity contribution in [2.24, 2.45) is 0 Å². The monoisotopic (exact) mass is 256 g/mol. The first-order valence-electron chi connectivity index (χ1n) is 5.66. The van der Waals surface area contributed by atoms with Gasteiger partial charge in [-0.1, -0.05) is 30.3 Å². The van der Waals surface area contributed by atoms with Crippen LogP contribution in [0.4, 0.5) is 10.5 Å². The Morgan fingerprint density at radius 2 is 2.05 bits per heavy atom. The van der Waals surface area contributed by atoms with Crippen molar-refractivity contribution in [2.45, 2.75) is 6.61 Å². The molecule has 19 heavy (non-hydrogen) atoms. The van der Waals surface area contributed by atoms with Gasteiger partial charge in [-0.05, 0) is 11.6 Å².